The van der Waals surface area contributed by atoms with E-state index in [1.54, 1.807) is 18.5 Å². The second-order valence-electron chi connectivity index (χ2n) is 5.87. The molecule has 0 aliphatic carbocycles. The van der Waals surface area contributed by atoms with Crippen molar-refractivity contribution in [2.45, 2.75) is 45.2 Å². The molecule has 2 N–H and O–H groups in total. The molecule has 0 spiro atoms. The predicted molar refractivity (Wildman–Crippen MR) is 93.3 cm³/mol. The molecule has 134 valence electrons. The summed E-state index contributed by atoms with van der Waals surface area (Å²) in [7, 11) is -3.83. The number of hydrogen-bond acceptors (Lipinski definition) is 5. The summed E-state index contributed by atoms with van der Waals surface area (Å²) in [6, 6.07) is 4.37. The van der Waals surface area contributed by atoms with Crippen molar-refractivity contribution in [2.75, 3.05) is 10.0 Å². The van der Waals surface area contributed by atoms with Gasteiger partial charge in [0, 0.05) is 6.54 Å². The normalized spacial score (nSPS) is 16.8. The van der Waals surface area contributed by atoms with Gasteiger partial charge in [-0.15, -0.1) is 0 Å². The van der Waals surface area contributed by atoms with Gasteiger partial charge < -0.3 is 10.1 Å². The third kappa shape index (κ3) is 3.07. The number of carbonyl (C=O) groups excluding carboxylic acids is 1. The number of rotatable bonds is 4. The number of sulfonamides is 1. The average Bonchev–Trinajstić information content (AvgIpc) is 2.82. The fraction of sp³-hybridized carbons (Fsp3) is 0.375. The van der Waals surface area contributed by atoms with E-state index in [1.165, 1.54) is 18.2 Å². The van der Waals surface area contributed by atoms with Crippen LogP contribution in [0.5, 0.6) is 5.75 Å². The Morgan fingerprint density at radius 2 is 2.08 bits per heavy atom. The second kappa shape index (κ2) is 6.07. The van der Waals surface area contributed by atoms with Crippen LogP contribution in [0.25, 0.3) is 0 Å². The Morgan fingerprint density at radius 3 is 2.72 bits per heavy atom. The van der Waals surface area contributed by atoms with Crippen molar-refractivity contribution >= 4 is 27.3 Å². The van der Waals surface area contributed by atoms with Crippen LogP contribution in [0, 0.1) is 13.8 Å². The van der Waals surface area contributed by atoms with Crippen molar-refractivity contribution in [1.82, 2.24) is 9.78 Å². The molecule has 0 fully saturated rings. The summed E-state index contributed by atoms with van der Waals surface area (Å²) in [5.74, 6) is 0.128. The maximum Gasteiger partial charge on any atom is 0.265 e. The van der Waals surface area contributed by atoms with E-state index in [-0.39, 0.29) is 10.8 Å². The number of ether oxygens (including phenoxy) is 1. The van der Waals surface area contributed by atoms with E-state index in [1.807, 2.05) is 13.8 Å². The summed E-state index contributed by atoms with van der Waals surface area (Å²) >= 11 is 0. The van der Waals surface area contributed by atoms with Crippen LogP contribution in [0.1, 0.15) is 25.2 Å². The molecule has 0 radical (unpaired) electrons. The van der Waals surface area contributed by atoms with Crippen LogP contribution in [0.3, 0.4) is 0 Å². The Bertz CT molecular complexity index is 949. The molecule has 1 aromatic carbocycles. The Morgan fingerprint density at radius 1 is 1.36 bits per heavy atom. The molecule has 1 atom stereocenters. The van der Waals surface area contributed by atoms with Gasteiger partial charge in [0.15, 0.2) is 6.10 Å². The standard InChI is InChI=1S/C16H20N4O4S/c1-5-20-10(3)15(9(2)18-20)19-25(22,23)12-6-7-14-13(8-12)17-16(21)11(4)24-14/h6-8,11,19H,5H2,1-4H3,(H,17,21)/t11-/m0/s1. The van der Waals surface area contributed by atoms with Crippen LogP contribution in [0.2, 0.25) is 0 Å². The lowest BCUT2D eigenvalue weighted by molar-refractivity contribution is -0.122. The molecule has 1 amide bonds. The van der Waals surface area contributed by atoms with Gasteiger partial charge in [-0.3, -0.25) is 14.2 Å². The summed E-state index contributed by atoms with van der Waals surface area (Å²) in [6.45, 7) is 7.77. The monoisotopic (exact) mass is 364 g/mol. The average molecular weight is 364 g/mol. The van der Waals surface area contributed by atoms with Crippen LogP contribution >= 0.6 is 0 Å². The molecular weight excluding hydrogens is 344 g/mol. The lowest BCUT2D eigenvalue weighted by Gasteiger charge is -2.23. The van der Waals surface area contributed by atoms with Crippen LogP contribution in [-0.4, -0.2) is 30.2 Å². The fourth-order valence-corrected chi connectivity index (χ4v) is 3.90. The molecule has 8 nitrogen and oxygen atoms in total. The molecule has 0 saturated heterocycles. The molecule has 2 aromatic rings. The second-order valence-corrected chi connectivity index (χ2v) is 7.56. The molecule has 1 aliphatic heterocycles. The topological polar surface area (TPSA) is 102 Å². The quantitative estimate of drug-likeness (QED) is 0.864. The van der Waals surface area contributed by atoms with Gasteiger partial charge in [-0.2, -0.15) is 5.10 Å². The molecule has 0 bridgehead atoms. The number of benzene rings is 1. The van der Waals surface area contributed by atoms with Crippen LogP contribution < -0.4 is 14.8 Å². The smallest absolute Gasteiger partial charge is 0.265 e. The predicted octanol–water partition coefficient (Wildman–Crippen LogP) is 2.04. The third-order valence-electron chi connectivity index (χ3n) is 4.11. The van der Waals surface area contributed by atoms with Crippen LogP contribution in [-0.2, 0) is 21.4 Å². The molecule has 1 aliphatic rings. The first kappa shape index (κ1) is 17.3. The minimum atomic E-state index is -3.83. The van der Waals surface area contributed by atoms with Gasteiger partial charge in [-0.25, -0.2) is 8.42 Å². The zero-order chi connectivity index (χ0) is 18.4. The molecule has 3 rings (SSSR count). The molecule has 25 heavy (non-hydrogen) atoms. The van der Waals surface area contributed by atoms with Crippen molar-refractivity contribution in [3.63, 3.8) is 0 Å². The molecule has 2 heterocycles. The van der Waals surface area contributed by atoms with E-state index in [0.29, 0.717) is 29.4 Å². The number of anilines is 2. The van der Waals surface area contributed by atoms with E-state index in [0.717, 1.165) is 5.69 Å². The zero-order valence-electron chi connectivity index (χ0n) is 14.5. The van der Waals surface area contributed by atoms with Gasteiger partial charge in [0.05, 0.1) is 27.7 Å². The van der Waals surface area contributed by atoms with E-state index in [2.05, 4.69) is 15.1 Å². The summed E-state index contributed by atoms with van der Waals surface area (Å²) in [6.07, 6.45) is -0.613. The first-order valence-corrected chi connectivity index (χ1v) is 9.39. The number of fused-ring (bicyclic) bond motifs is 1. The minimum absolute atomic E-state index is 0.0350. The molecular formula is C16H20N4O4S. The van der Waals surface area contributed by atoms with Gasteiger partial charge in [0.2, 0.25) is 0 Å². The maximum absolute atomic E-state index is 12.7. The van der Waals surface area contributed by atoms with Crippen molar-refractivity contribution < 1.29 is 17.9 Å². The summed E-state index contributed by atoms with van der Waals surface area (Å²) in [4.78, 5) is 11.8. The van der Waals surface area contributed by atoms with E-state index >= 15 is 0 Å². The van der Waals surface area contributed by atoms with Gasteiger partial charge >= 0.3 is 0 Å². The lowest BCUT2D eigenvalue weighted by Crippen LogP contribution is -2.34. The fourth-order valence-electron chi connectivity index (χ4n) is 2.70. The maximum atomic E-state index is 12.7. The Balaban J connectivity index is 1.95. The summed E-state index contributed by atoms with van der Waals surface area (Å²) in [5.41, 5.74) is 2.15. The van der Waals surface area contributed by atoms with E-state index in [9.17, 15) is 13.2 Å². The molecule has 0 unspecified atom stereocenters. The van der Waals surface area contributed by atoms with Crippen molar-refractivity contribution in [1.29, 1.82) is 0 Å². The van der Waals surface area contributed by atoms with E-state index in [4.69, 9.17) is 4.74 Å². The highest BCUT2D eigenvalue weighted by molar-refractivity contribution is 7.92. The molecule has 1 aromatic heterocycles. The van der Waals surface area contributed by atoms with Gasteiger partial charge in [-0.05, 0) is 45.9 Å². The number of aromatic nitrogens is 2. The van der Waals surface area contributed by atoms with Crippen molar-refractivity contribution in [3.8, 4) is 5.75 Å². The number of hydrogen-bond donors (Lipinski definition) is 2. The molecule has 9 heteroatoms. The summed E-state index contributed by atoms with van der Waals surface area (Å²) in [5, 5.41) is 6.96. The Labute approximate surface area is 146 Å². The number of carbonyl (C=O) groups is 1. The SMILES string of the molecule is CCn1nc(C)c(NS(=O)(=O)c2ccc3c(c2)NC(=O)[C@H](C)O3)c1C. The number of nitrogens with zero attached hydrogens (tertiary/aromatic N) is 2. The van der Waals surface area contributed by atoms with Crippen molar-refractivity contribution in [3.05, 3.63) is 29.6 Å². The Hall–Kier alpha value is -2.55. The first-order valence-electron chi connectivity index (χ1n) is 7.91. The van der Waals surface area contributed by atoms with Gasteiger partial charge in [0.1, 0.15) is 5.75 Å². The zero-order valence-corrected chi connectivity index (χ0v) is 15.3. The van der Waals surface area contributed by atoms with Gasteiger partial charge in [-0.1, -0.05) is 0 Å². The molecule has 0 saturated carbocycles. The highest BCUT2D eigenvalue weighted by atomic mass is 32.2. The van der Waals surface area contributed by atoms with E-state index < -0.39 is 16.1 Å². The lowest BCUT2D eigenvalue weighted by atomic mass is 10.2. The third-order valence-corrected chi connectivity index (χ3v) is 5.46. The number of nitrogens with one attached hydrogen (secondary N) is 2. The van der Waals surface area contributed by atoms with Crippen LogP contribution in [0.15, 0.2) is 23.1 Å². The van der Waals surface area contributed by atoms with Crippen molar-refractivity contribution in [2.24, 2.45) is 0 Å². The number of amides is 1. The first-order chi connectivity index (χ1) is 11.7. The van der Waals surface area contributed by atoms with Crippen LogP contribution in [0.4, 0.5) is 11.4 Å². The summed E-state index contributed by atoms with van der Waals surface area (Å²) < 4.78 is 35.2. The minimum Gasteiger partial charge on any atom is -0.479 e. The van der Waals surface area contributed by atoms with Gasteiger partial charge in [0.25, 0.3) is 15.9 Å². The largest absolute Gasteiger partial charge is 0.479 e. The number of aryl methyl sites for hydroxylation is 2. The Kier molecular flexibility index (Phi) is 4.19. The highest BCUT2D eigenvalue weighted by Crippen LogP contribution is 2.33. The highest BCUT2D eigenvalue weighted by Gasteiger charge is 2.26.